The fourth-order valence-corrected chi connectivity index (χ4v) is 4.37. The van der Waals surface area contributed by atoms with Crippen molar-refractivity contribution in [2.75, 3.05) is 6.54 Å². The van der Waals surface area contributed by atoms with Gasteiger partial charge in [0.2, 0.25) is 0 Å². The van der Waals surface area contributed by atoms with Crippen LogP contribution in [0.4, 0.5) is 4.79 Å². The fourth-order valence-electron chi connectivity index (χ4n) is 4.37. The second-order valence-corrected chi connectivity index (χ2v) is 9.95. The van der Waals surface area contributed by atoms with Gasteiger partial charge in [0.1, 0.15) is 5.60 Å². The van der Waals surface area contributed by atoms with Crippen LogP contribution in [0.1, 0.15) is 85.0 Å². The molecule has 1 heterocycles. The Bertz CT molecular complexity index is 684. The minimum atomic E-state index is -1.47. The largest absolute Gasteiger partial charge is 0.480 e. The highest BCUT2D eigenvalue weighted by Crippen LogP contribution is 2.22. The molecule has 0 radical (unpaired) electrons. The molecule has 3 N–H and O–H groups in total. The van der Waals surface area contributed by atoms with Crippen molar-refractivity contribution in [1.82, 2.24) is 15.5 Å². The van der Waals surface area contributed by atoms with Gasteiger partial charge in [0, 0.05) is 24.2 Å². The molecule has 0 aromatic carbocycles. The van der Waals surface area contributed by atoms with E-state index < -0.39 is 42.1 Å². The first-order valence-corrected chi connectivity index (χ1v) is 12.1. The van der Waals surface area contributed by atoms with Gasteiger partial charge in [0.25, 0.3) is 11.8 Å². The Kier molecular flexibility index (Phi) is 10.3. The second-order valence-electron chi connectivity index (χ2n) is 9.95. The normalized spacial score (nSPS) is 20.8. The van der Waals surface area contributed by atoms with E-state index in [1.807, 2.05) is 0 Å². The number of aliphatic carboxylic acids is 1. The molecular weight excluding hydrogens is 426 g/mol. The highest BCUT2D eigenvalue weighted by Gasteiger charge is 2.36. The summed E-state index contributed by atoms with van der Waals surface area (Å²) in [4.78, 5) is 45.9. The van der Waals surface area contributed by atoms with E-state index in [-0.39, 0.29) is 0 Å². The number of carbonyl (C=O) groups is 4. The summed E-state index contributed by atoms with van der Waals surface area (Å²) in [6.45, 7) is 4.53. The average Bonchev–Trinajstić information content (AvgIpc) is 3.07. The highest BCUT2D eigenvalue weighted by atomic mass is 16.6. The second kappa shape index (κ2) is 12.7. The lowest BCUT2D eigenvalue weighted by Crippen LogP contribution is -2.51. The maximum atomic E-state index is 11.4. The first-order chi connectivity index (χ1) is 15.6. The first kappa shape index (κ1) is 26.8. The SMILES string of the molecule is C1CCC(NC2CCCCC2)CC1.CC(C)(C)OC(=O)NCC(C(=O)O)N1C(=O)C=CC1=O. The maximum absolute atomic E-state index is 11.4. The van der Waals surface area contributed by atoms with E-state index in [2.05, 4.69) is 10.6 Å². The third-order valence-corrected chi connectivity index (χ3v) is 5.96. The summed E-state index contributed by atoms with van der Waals surface area (Å²) in [6.07, 6.45) is 15.7. The van der Waals surface area contributed by atoms with Gasteiger partial charge in [-0.15, -0.1) is 0 Å². The molecule has 1 atom stereocenters. The van der Waals surface area contributed by atoms with Crippen LogP contribution in [0.5, 0.6) is 0 Å². The van der Waals surface area contributed by atoms with Crippen LogP contribution < -0.4 is 10.6 Å². The van der Waals surface area contributed by atoms with E-state index in [1.54, 1.807) is 20.8 Å². The van der Waals surface area contributed by atoms with Crippen molar-refractivity contribution >= 4 is 23.9 Å². The van der Waals surface area contributed by atoms with E-state index in [0.717, 1.165) is 24.2 Å². The molecule has 3 amide bonds. The fraction of sp³-hybridized carbons (Fsp3) is 0.750. The zero-order valence-corrected chi connectivity index (χ0v) is 20.1. The Morgan fingerprint density at radius 1 is 0.970 bits per heavy atom. The number of rotatable bonds is 6. The average molecular weight is 466 g/mol. The molecule has 0 saturated heterocycles. The van der Waals surface area contributed by atoms with Gasteiger partial charge < -0.3 is 20.5 Å². The number of amides is 3. The summed E-state index contributed by atoms with van der Waals surface area (Å²) in [5.41, 5.74) is -0.732. The molecule has 1 aliphatic heterocycles. The van der Waals surface area contributed by atoms with E-state index in [4.69, 9.17) is 9.84 Å². The zero-order chi connectivity index (χ0) is 24.4. The number of ether oxygens (including phenoxy) is 1. The van der Waals surface area contributed by atoms with Gasteiger partial charge in [-0.25, -0.2) is 9.59 Å². The molecule has 33 heavy (non-hydrogen) atoms. The van der Waals surface area contributed by atoms with Crippen molar-refractivity contribution in [1.29, 1.82) is 0 Å². The van der Waals surface area contributed by atoms with Gasteiger partial charge >= 0.3 is 12.1 Å². The predicted molar refractivity (Wildman–Crippen MR) is 124 cm³/mol. The van der Waals surface area contributed by atoms with Gasteiger partial charge in [-0.3, -0.25) is 14.5 Å². The van der Waals surface area contributed by atoms with Gasteiger partial charge in [-0.2, -0.15) is 0 Å². The van der Waals surface area contributed by atoms with Gasteiger partial charge in [0.15, 0.2) is 6.04 Å². The van der Waals surface area contributed by atoms with E-state index in [9.17, 15) is 19.2 Å². The van der Waals surface area contributed by atoms with Crippen molar-refractivity contribution in [3.8, 4) is 0 Å². The van der Waals surface area contributed by atoms with E-state index in [0.29, 0.717) is 4.90 Å². The van der Waals surface area contributed by atoms with Crippen LogP contribution in [0.2, 0.25) is 0 Å². The van der Waals surface area contributed by atoms with Crippen LogP contribution in [0.3, 0.4) is 0 Å². The monoisotopic (exact) mass is 465 g/mol. The van der Waals surface area contributed by atoms with Crippen LogP contribution in [-0.2, 0) is 19.1 Å². The van der Waals surface area contributed by atoms with Crippen LogP contribution in [0.15, 0.2) is 12.2 Å². The Morgan fingerprint density at radius 2 is 1.42 bits per heavy atom. The minimum absolute atomic E-state index is 0.427. The van der Waals surface area contributed by atoms with Gasteiger partial charge in [-0.05, 0) is 46.5 Å². The molecule has 0 aromatic rings. The van der Waals surface area contributed by atoms with Crippen molar-refractivity contribution in [2.24, 2.45) is 0 Å². The Labute approximate surface area is 196 Å². The quantitative estimate of drug-likeness (QED) is 0.515. The van der Waals surface area contributed by atoms with E-state index >= 15 is 0 Å². The number of alkyl carbamates (subject to hydrolysis) is 1. The van der Waals surface area contributed by atoms with Crippen LogP contribution in [-0.4, -0.2) is 64.2 Å². The van der Waals surface area contributed by atoms with Crippen molar-refractivity contribution < 1.29 is 29.0 Å². The molecule has 9 heteroatoms. The third kappa shape index (κ3) is 9.53. The van der Waals surface area contributed by atoms with Crippen molar-refractivity contribution in [2.45, 2.75) is 109 Å². The standard InChI is InChI=1S/C12H16N2O6.C12H23N/c1-12(2,3)20-11(19)13-6-7(10(17)18)14-8(15)4-5-9(14)16;1-3-7-11(8-4-1)13-12-9-5-2-6-10-12/h4-5,7H,6H2,1-3H3,(H,13,19)(H,17,18);11-13H,1-10H2. The number of nitrogens with zero attached hydrogens (tertiary/aromatic N) is 1. The zero-order valence-electron chi connectivity index (χ0n) is 20.1. The lowest BCUT2D eigenvalue weighted by Gasteiger charge is -2.30. The Hall–Kier alpha value is -2.42. The van der Waals surface area contributed by atoms with Gasteiger partial charge in [-0.1, -0.05) is 38.5 Å². The molecule has 2 saturated carbocycles. The molecule has 2 fully saturated rings. The summed E-state index contributed by atoms with van der Waals surface area (Å²) in [5.74, 6) is -2.85. The van der Waals surface area contributed by atoms with Crippen LogP contribution >= 0.6 is 0 Å². The number of imide groups is 1. The number of nitrogens with one attached hydrogen (secondary N) is 2. The smallest absolute Gasteiger partial charge is 0.407 e. The van der Waals surface area contributed by atoms with Crippen LogP contribution in [0.25, 0.3) is 0 Å². The summed E-state index contributed by atoms with van der Waals surface area (Å²) in [6, 6.07) is 0.270. The number of carboxylic acid groups (broad SMARTS) is 1. The third-order valence-electron chi connectivity index (χ3n) is 5.96. The summed E-state index contributed by atoms with van der Waals surface area (Å²) in [5, 5.41) is 15.1. The first-order valence-electron chi connectivity index (χ1n) is 12.1. The summed E-state index contributed by atoms with van der Waals surface area (Å²) >= 11 is 0. The molecular formula is C24H39N3O6. The minimum Gasteiger partial charge on any atom is -0.480 e. The molecule has 1 unspecified atom stereocenters. The number of carbonyl (C=O) groups excluding carboxylic acids is 3. The maximum Gasteiger partial charge on any atom is 0.407 e. The molecule has 3 aliphatic rings. The summed E-state index contributed by atoms with van der Waals surface area (Å²) < 4.78 is 4.94. The summed E-state index contributed by atoms with van der Waals surface area (Å²) in [7, 11) is 0. The molecule has 186 valence electrons. The predicted octanol–water partition coefficient (Wildman–Crippen LogP) is 3.13. The number of carboxylic acids is 1. The number of hydrogen-bond acceptors (Lipinski definition) is 6. The molecule has 3 rings (SSSR count). The van der Waals surface area contributed by atoms with Crippen molar-refractivity contribution in [3.63, 3.8) is 0 Å². The number of hydrogen-bond donors (Lipinski definition) is 3. The van der Waals surface area contributed by atoms with Gasteiger partial charge in [0.05, 0.1) is 6.54 Å². The molecule has 0 bridgehead atoms. The topological polar surface area (TPSA) is 125 Å². The lowest BCUT2D eigenvalue weighted by atomic mass is 9.91. The van der Waals surface area contributed by atoms with Crippen LogP contribution in [0, 0.1) is 0 Å². The van der Waals surface area contributed by atoms with Crippen molar-refractivity contribution in [3.05, 3.63) is 12.2 Å². The Balaban J connectivity index is 0.000000254. The van der Waals surface area contributed by atoms with E-state index in [1.165, 1.54) is 64.2 Å². The highest BCUT2D eigenvalue weighted by molar-refractivity contribution is 6.14. The Morgan fingerprint density at radius 3 is 1.82 bits per heavy atom. The molecule has 2 aliphatic carbocycles. The molecule has 9 nitrogen and oxygen atoms in total. The molecule has 0 spiro atoms. The lowest BCUT2D eigenvalue weighted by molar-refractivity contribution is -0.153. The molecule has 0 aromatic heterocycles.